The highest BCUT2D eigenvalue weighted by atomic mass is 16.1. The number of hydrogen-bond acceptors (Lipinski definition) is 3. The number of nitrogens with one attached hydrogen (secondary N) is 1. The van der Waals surface area contributed by atoms with Gasteiger partial charge >= 0.3 is 0 Å². The van der Waals surface area contributed by atoms with Crippen LogP contribution in [0.15, 0.2) is 18.2 Å². The predicted octanol–water partition coefficient (Wildman–Crippen LogP) is 2.25. The Labute approximate surface area is 115 Å². The summed E-state index contributed by atoms with van der Waals surface area (Å²) in [4.78, 5) is 14.2. The monoisotopic (exact) mass is 261 g/mol. The molecule has 4 nitrogen and oxygen atoms in total. The number of rotatable bonds is 3. The van der Waals surface area contributed by atoms with Crippen molar-refractivity contribution < 1.29 is 4.79 Å². The van der Waals surface area contributed by atoms with Crippen molar-refractivity contribution in [3.05, 3.63) is 23.8 Å². The maximum atomic E-state index is 11.9. The number of piperidine rings is 1. The lowest BCUT2D eigenvalue weighted by Crippen LogP contribution is -2.35. The highest BCUT2D eigenvalue weighted by Gasteiger charge is 2.19. The molecule has 1 amide bonds. The molecule has 104 valence electrons. The molecule has 1 aromatic rings. The minimum atomic E-state index is -0.0335. The van der Waals surface area contributed by atoms with Crippen molar-refractivity contribution in [2.45, 2.75) is 26.7 Å². The molecule has 1 fully saturated rings. The third-order valence-corrected chi connectivity index (χ3v) is 3.63. The van der Waals surface area contributed by atoms with Crippen LogP contribution in [0.2, 0.25) is 0 Å². The van der Waals surface area contributed by atoms with E-state index in [1.807, 2.05) is 19.1 Å². The van der Waals surface area contributed by atoms with Crippen molar-refractivity contribution in [3.63, 3.8) is 0 Å². The number of nitrogens with two attached hydrogens (primary N) is 1. The molecule has 0 saturated carbocycles. The van der Waals surface area contributed by atoms with E-state index in [1.165, 1.54) is 12.8 Å². The molecule has 0 aromatic heterocycles. The fourth-order valence-electron chi connectivity index (χ4n) is 2.63. The minimum Gasteiger partial charge on any atom is -0.397 e. The molecule has 1 atom stereocenters. The van der Waals surface area contributed by atoms with E-state index in [0.29, 0.717) is 18.0 Å². The Kier molecular flexibility index (Phi) is 4.30. The number of nitrogens with zero attached hydrogens (tertiary/aromatic N) is 1. The first-order valence-electron chi connectivity index (χ1n) is 7.04. The van der Waals surface area contributed by atoms with E-state index in [2.05, 4.69) is 17.1 Å². The van der Waals surface area contributed by atoms with E-state index >= 15 is 0 Å². The summed E-state index contributed by atoms with van der Waals surface area (Å²) in [6, 6.07) is 5.54. The SMILES string of the molecule is CCNC(=O)c1ccc(N)c(N2CCCC(C)C2)c1. The van der Waals surface area contributed by atoms with E-state index < -0.39 is 0 Å². The molecule has 0 bridgehead atoms. The quantitative estimate of drug-likeness (QED) is 0.821. The van der Waals surface area contributed by atoms with Crippen LogP contribution in [-0.4, -0.2) is 25.5 Å². The molecule has 1 aliphatic rings. The zero-order valence-electron chi connectivity index (χ0n) is 11.8. The van der Waals surface area contributed by atoms with Gasteiger partial charge in [-0.05, 0) is 43.9 Å². The van der Waals surface area contributed by atoms with Crippen molar-refractivity contribution in [2.75, 3.05) is 30.3 Å². The minimum absolute atomic E-state index is 0.0335. The normalized spacial score (nSPS) is 19.3. The van der Waals surface area contributed by atoms with Gasteiger partial charge in [0.05, 0.1) is 11.4 Å². The summed E-state index contributed by atoms with van der Waals surface area (Å²) in [5.41, 5.74) is 8.50. The van der Waals surface area contributed by atoms with Crippen LogP contribution < -0.4 is 16.0 Å². The maximum absolute atomic E-state index is 11.9. The summed E-state index contributed by atoms with van der Waals surface area (Å²) in [6.45, 7) is 6.86. The summed E-state index contributed by atoms with van der Waals surface area (Å²) in [7, 11) is 0. The molecular weight excluding hydrogens is 238 g/mol. The summed E-state index contributed by atoms with van der Waals surface area (Å²) in [5.74, 6) is 0.648. The predicted molar refractivity (Wildman–Crippen MR) is 79.5 cm³/mol. The van der Waals surface area contributed by atoms with E-state index in [-0.39, 0.29) is 5.91 Å². The van der Waals surface area contributed by atoms with Crippen molar-refractivity contribution in [1.82, 2.24) is 5.32 Å². The molecule has 0 spiro atoms. The largest absolute Gasteiger partial charge is 0.397 e. The van der Waals surface area contributed by atoms with Crippen LogP contribution in [0.4, 0.5) is 11.4 Å². The Balaban J connectivity index is 2.23. The second kappa shape index (κ2) is 5.95. The third kappa shape index (κ3) is 3.19. The van der Waals surface area contributed by atoms with Gasteiger partial charge in [0.1, 0.15) is 0 Å². The molecule has 19 heavy (non-hydrogen) atoms. The molecule has 1 unspecified atom stereocenters. The average molecular weight is 261 g/mol. The lowest BCUT2D eigenvalue weighted by Gasteiger charge is -2.33. The number of carbonyl (C=O) groups excluding carboxylic acids is 1. The van der Waals surface area contributed by atoms with Crippen LogP contribution in [0.1, 0.15) is 37.0 Å². The molecular formula is C15H23N3O. The van der Waals surface area contributed by atoms with Crippen molar-refractivity contribution in [1.29, 1.82) is 0 Å². The average Bonchev–Trinajstić information content (AvgIpc) is 2.39. The Hall–Kier alpha value is -1.71. The van der Waals surface area contributed by atoms with Crippen molar-refractivity contribution >= 4 is 17.3 Å². The van der Waals surface area contributed by atoms with Gasteiger partial charge in [-0.2, -0.15) is 0 Å². The standard InChI is InChI=1S/C15H23N3O/c1-3-17-15(19)12-6-7-13(16)14(9-12)18-8-4-5-11(2)10-18/h6-7,9,11H,3-5,8,10,16H2,1-2H3,(H,17,19). The van der Waals surface area contributed by atoms with Gasteiger partial charge in [-0.25, -0.2) is 0 Å². The summed E-state index contributed by atoms with van der Waals surface area (Å²) in [6.07, 6.45) is 2.46. The number of anilines is 2. The Morgan fingerprint density at radius 1 is 1.53 bits per heavy atom. The molecule has 0 radical (unpaired) electrons. The van der Waals surface area contributed by atoms with Gasteiger partial charge in [0.2, 0.25) is 0 Å². The van der Waals surface area contributed by atoms with Crippen molar-refractivity contribution in [2.24, 2.45) is 5.92 Å². The number of carbonyl (C=O) groups is 1. The first-order chi connectivity index (χ1) is 9.11. The Morgan fingerprint density at radius 3 is 3.00 bits per heavy atom. The van der Waals surface area contributed by atoms with Gasteiger partial charge in [0.25, 0.3) is 5.91 Å². The molecule has 1 aromatic carbocycles. The summed E-state index contributed by atoms with van der Waals surface area (Å²) < 4.78 is 0. The first kappa shape index (κ1) is 13.7. The second-order valence-electron chi connectivity index (χ2n) is 5.33. The highest BCUT2D eigenvalue weighted by Crippen LogP contribution is 2.29. The second-order valence-corrected chi connectivity index (χ2v) is 5.33. The molecule has 0 aliphatic carbocycles. The molecule has 3 N–H and O–H groups in total. The maximum Gasteiger partial charge on any atom is 0.251 e. The Morgan fingerprint density at radius 2 is 2.32 bits per heavy atom. The zero-order chi connectivity index (χ0) is 13.8. The van der Waals surface area contributed by atoms with E-state index in [4.69, 9.17) is 5.73 Å². The fraction of sp³-hybridized carbons (Fsp3) is 0.533. The summed E-state index contributed by atoms with van der Waals surface area (Å²) >= 11 is 0. The van der Waals surface area contributed by atoms with Crippen LogP contribution in [0.5, 0.6) is 0 Å². The molecule has 4 heteroatoms. The third-order valence-electron chi connectivity index (χ3n) is 3.63. The molecule has 2 rings (SSSR count). The van der Waals surface area contributed by atoms with Crippen LogP contribution in [0, 0.1) is 5.92 Å². The summed E-state index contributed by atoms with van der Waals surface area (Å²) in [5, 5.41) is 2.82. The topological polar surface area (TPSA) is 58.4 Å². The van der Waals surface area contributed by atoms with Gasteiger partial charge in [0.15, 0.2) is 0 Å². The van der Waals surface area contributed by atoms with E-state index in [9.17, 15) is 4.79 Å². The van der Waals surface area contributed by atoms with Crippen molar-refractivity contribution in [3.8, 4) is 0 Å². The smallest absolute Gasteiger partial charge is 0.251 e. The molecule has 1 aliphatic heterocycles. The Bertz CT molecular complexity index is 459. The van der Waals surface area contributed by atoms with Crippen LogP contribution >= 0.6 is 0 Å². The molecule has 1 heterocycles. The van der Waals surface area contributed by atoms with Gasteiger partial charge in [0, 0.05) is 25.2 Å². The van der Waals surface area contributed by atoms with Crippen LogP contribution in [-0.2, 0) is 0 Å². The lowest BCUT2D eigenvalue weighted by atomic mass is 9.99. The zero-order valence-corrected chi connectivity index (χ0v) is 11.8. The van der Waals surface area contributed by atoms with Crippen LogP contribution in [0.25, 0.3) is 0 Å². The van der Waals surface area contributed by atoms with Crippen LogP contribution in [0.3, 0.4) is 0 Å². The van der Waals surface area contributed by atoms with E-state index in [0.717, 1.165) is 24.5 Å². The first-order valence-corrected chi connectivity index (χ1v) is 7.04. The highest BCUT2D eigenvalue weighted by molar-refractivity contribution is 5.96. The number of benzene rings is 1. The fourth-order valence-corrected chi connectivity index (χ4v) is 2.63. The number of hydrogen-bond donors (Lipinski definition) is 2. The molecule has 1 saturated heterocycles. The number of nitrogen functional groups attached to an aromatic ring is 1. The van der Waals surface area contributed by atoms with E-state index in [1.54, 1.807) is 6.07 Å². The van der Waals surface area contributed by atoms with Gasteiger partial charge in [-0.3, -0.25) is 4.79 Å². The van der Waals surface area contributed by atoms with Gasteiger partial charge in [-0.15, -0.1) is 0 Å². The van der Waals surface area contributed by atoms with Gasteiger partial charge < -0.3 is 16.0 Å². The lowest BCUT2D eigenvalue weighted by molar-refractivity contribution is 0.0956. The van der Waals surface area contributed by atoms with Gasteiger partial charge in [-0.1, -0.05) is 6.92 Å². The number of amides is 1.